The highest BCUT2D eigenvalue weighted by molar-refractivity contribution is 7.16. The Bertz CT molecular complexity index is 311. The molecule has 0 saturated carbocycles. The van der Waals surface area contributed by atoms with E-state index in [-0.39, 0.29) is 12.3 Å². The van der Waals surface area contributed by atoms with Crippen molar-refractivity contribution in [2.24, 2.45) is 0 Å². The van der Waals surface area contributed by atoms with E-state index >= 15 is 0 Å². The number of carboxylic acid groups (broad SMARTS) is 1. The number of methoxy groups -OCH3 is 1. The van der Waals surface area contributed by atoms with E-state index in [2.05, 4.69) is 0 Å². The van der Waals surface area contributed by atoms with Crippen LogP contribution in [-0.2, 0) is 9.53 Å². The normalized spacial score (nSPS) is 12.7. The molecule has 1 heterocycles. The molecule has 0 aliphatic rings. The van der Waals surface area contributed by atoms with Gasteiger partial charge in [-0.2, -0.15) is 0 Å². The molecule has 1 unspecified atom stereocenters. The fraction of sp³-hybridized carbons (Fsp3) is 0.444. The molecule has 0 aromatic carbocycles. The fourth-order valence-electron chi connectivity index (χ4n) is 1.20. The Hall–Kier alpha value is -0.580. The van der Waals surface area contributed by atoms with Crippen molar-refractivity contribution in [1.29, 1.82) is 0 Å². The zero-order valence-electron chi connectivity index (χ0n) is 7.70. The van der Waals surface area contributed by atoms with E-state index < -0.39 is 5.97 Å². The van der Waals surface area contributed by atoms with Crippen LogP contribution in [0.2, 0.25) is 4.34 Å². The molecule has 0 aliphatic carbocycles. The zero-order valence-corrected chi connectivity index (χ0v) is 9.27. The summed E-state index contributed by atoms with van der Waals surface area (Å²) in [5, 5.41) is 8.69. The van der Waals surface area contributed by atoms with Crippen molar-refractivity contribution in [3.8, 4) is 0 Å². The lowest BCUT2D eigenvalue weighted by Crippen LogP contribution is -2.10. The Morgan fingerprint density at radius 1 is 1.71 bits per heavy atom. The van der Waals surface area contributed by atoms with Crippen molar-refractivity contribution in [3.63, 3.8) is 0 Å². The highest BCUT2D eigenvalue weighted by Crippen LogP contribution is 2.30. The van der Waals surface area contributed by atoms with Crippen LogP contribution >= 0.6 is 22.9 Å². The average Bonchev–Trinajstić information content (AvgIpc) is 2.50. The summed E-state index contributed by atoms with van der Waals surface area (Å²) >= 11 is 7.17. The van der Waals surface area contributed by atoms with Crippen molar-refractivity contribution >= 4 is 28.9 Å². The van der Waals surface area contributed by atoms with E-state index in [1.807, 2.05) is 6.07 Å². The number of hydrogen-bond acceptors (Lipinski definition) is 3. The van der Waals surface area contributed by atoms with Crippen molar-refractivity contribution in [1.82, 2.24) is 0 Å². The van der Waals surface area contributed by atoms with Gasteiger partial charge in [-0.15, -0.1) is 11.3 Å². The smallest absolute Gasteiger partial charge is 0.304 e. The van der Waals surface area contributed by atoms with Gasteiger partial charge in [-0.05, 0) is 12.1 Å². The van der Waals surface area contributed by atoms with Gasteiger partial charge in [0.15, 0.2) is 0 Å². The van der Waals surface area contributed by atoms with Gasteiger partial charge in [0.1, 0.15) is 0 Å². The number of ether oxygens (including phenoxy) is 1. The van der Waals surface area contributed by atoms with Crippen LogP contribution in [0.25, 0.3) is 0 Å². The first-order chi connectivity index (χ1) is 6.63. The maximum absolute atomic E-state index is 10.6. The molecule has 1 atom stereocenters. The van der Waals surface area contributed by atoms with Crippen molar-refractivity contribution in [2.75, 3.05) is 13.7 Å². The monoisotopic (exact) mass is 234 g/mol. The summed E-state index contributed by atoms with van der Waals surface area (Å²) in [7, 11) is 1.56. The summed E-state index contributed by atoms with van der Waals surface area (Å²) in [6.07, 6.45) is 0.0741. The largest absolute Gasteiger partial charge is 0.481 e. The molecule has 1 aromatic heterocycles. The molecule has 0 saturated heterocycles. The third-order valence-corrected chi connectivity index (χ3v) is 3.18. The van der Waals surface area contributed by atoms with Gasteiger partial charge in [0.25, 0.3) is 0 Å². The topological polar surface area (TPSA) is 46.5 Å². The van der Waals surface area contributed by atoms with Crippen LogP contribution < -0.4 is 0 Å². The molecule has 0 spiro atoms. The maximum atomic E-state index is 10.6. The Morgan fingerprint density at radius 2 is 2.43 bits per heavy atom. The quantitative estimate of drug-likeness (QED) is 0.852. The van der Waals surface area contributed by atoms with Crippen LogP contribution in [0.15, 0.2) is 12.1 Å². The second kappa shape index (κ2) is 5.34. The van der Waals surface area contributed by atoms with E-state index in [1.54, 1.807) is 13.2 Å². The molecule has 0 bridgehead atoms. The highest BCUT2D eigenvalue weighted by Gasteiger charge is 2.17. The molecule has 0 aliphatic heterocycles. The Labute approximate surface area is 91.3 Å². The van der Waals surface area contributed by atoms with Crippen LogP contribution in [0.4, 0.5) is 0 Å². The standard InChI is InChI=1S/C9H11ClO3S/c1-13-5-6(4-9(11)12)7-2-3-8(10)14-7/h2-3,6H,4-5H2,1H3,(H,11,12). The maximum Gasteiger partial charge on any atom is 0.304 e. The third-order valence-electron chi connectivity index (χ3n) is 1.79. The molecular formula is C9H11ClO3S. The van der Waals surface area contributed by atoms with Crippen LogP contribution in [0.3, 0.4) is 0 Å². The second-order valence-electron chi connectivity index (χ2n) is 2.89. The van der Waals surface area contributed by atoms with Crippen LogP contribution in [-0.4, -0.2) is 24.8 Å². The molecule has 0 radical (unpaired) electrons. The van der Waals surface area contributed by atoms with E-state index in [0.717, 1.165) is 4.88 Å². The van der Waals surface area contributed by atoms with Gasteiger partial charge in [-0.1, -0.05) is 11.6 Å². The predicted molar refractivity (Wildman–Crippen MR) is 56.2 cm³/mol. The zero-order chi connectivity index (χ0) is 10.6. The SMILES string of the molecule is COCC(CC(=O)O)c1ccc(Cl)s1. The Kier molecular flexibility index (Phi) is 4.38. The van der Waals surface area contributed by atoms with Gasteiger partial charge in [0, 0.05) is 17.9 Å². The first-order valence-electron chi connectivity index (χ1n) is 4.09. The minimum atomic E-state index is -0.823. The lowest BCUT2D eigenvalue weighted by Gasteiger charge is -2.10. The molecule has 0 amide bonds. The number of hydrogen-bond donors (Lipinski definition) is 1. The van der Waals surface area contributed by atoms with Crippen LogP contribution in [0.1, 0.15) is 17.2 Å². The summed E-state index contributed by atoms with van der Waals surface area (Å²) in [4.78, 5) is 11.5. The van der Waals surface area contributed by atoms with Gasteiger partial charge >= 0.3 is 5.97 Å². The van der Waals surface area contributed by atoms with E-state index in [1.165, 1.54) is 11.3 Å². The van der Waals surface area contributed by atoms with Gasteiger partial charge in [0.2, 0.25) is 0 Å². The Morgan fingerprint density at radius 3 is 2.86 bits per heavy atom. The van der Waals surface area contributed by atoms with Crippen molar-refractivity contribution in [3.05, 3.63) is 21.3 Å². The highest BCUT2D eigenvalue weighted by atomic mass is 35.5. The van der Waals surface area contributed by atoms with E-state index in [4.69, 9.17) is 21.4 Å². The van der Waals surface area contributed by atoms with E-state index in [0.29, 0.717) is 10.9 Å². The van der Waals surface area contributed by atoms with Gasteiger partial charge < -0.3 is 9.84 Å². The molecule has 1 aromatic rings. The predicted octanol–water partition coefficient (Wildman–Crippen LogP) is 2.61. The minimum Gasteiger partial charge on any atom is -0.481 e. The van der Waals surface area contributed by atoms with Crippen molar-refractivity contribution < 1.29 is 14.6 Å². The fourth-order valence-corrected chi connectivity index (χ4v) is 2.35. The summed E-state index contributed by atoms with van der Waals surface area (Å²) < 4.78 is 5.64. The summed E-state index contributed by atoms with van der Waals surface area (Å²) in [5.41, 5.74) is 0. The van der Waals surface area contributed by atoms with Crippen LogP contribution in [0, 0.1) is 0 Å². The number of rotatable bonds is 5. The molecule has 78 valence electrons. The van der Waals surface area contributed by atoms with Crippen molar-refractivity contribution in [2.45, 2.75) is 12.3 Å². The lowest BCUT2D eigenvalue weighted by molar-refractivity contribution is -0.137. The average molecular weight is 235 g/mol. The summed E-state index contributed by atoms with van der Waals surface area (Å²) in [6.45, 7) is 0.406. The number of halogens is 1. The Balaban J connectivity index is 2.71. The summed E-state index contributed by atoms with van der Waals surface area (Å²) in [6, 6.07) is 3.62. The van der Waals surface area contributed by atoms with Gasteiger partial charge in [-0.25, -0.2) is 0 Å². The molecule has 5 heteroatoms. The number of carboxylic acids is 1. The molecule has 1 rings (SSSR count). The van der Waals surface area contributed by atoms with Gasteiger partial charge in [-0.3, -0.25) is 4.79 Å². The first-order valence-corrected chi connectivity index (χ1v) is 5.29. The molecule has 3 nitrogen and oxygen atoms in total. The second-order valence-corrected chi connectivity index (χ2v) is 4.64. The van der Waals surface area contributed by atoms with E-state index in [9.17, 15) is 4.79 Å². The summed E-state index contributed by atoms with van der Waals surface area (Å²) in [5.74, 6) is -0.924. The first kappa shape index (κ1) is 11.5. The van der Waals surface area contributed by atoms with Gasteiger partial charge in [0.05, 0.1) is 17.4 Å². The number of thiophene rings is 1. The third kappa shape index (κ3) is 3.29. The molecule has 1 N–H and O–H groups in total. The lowest BCUT2D eigenvalue weighted by atomic mass is 10.1. The number of carbonyl (C=O) groups is 1. The molecular weight excluding hydrogens is 224 g/mol. The molecule has 14 heavy (non-hydrogen) atoms. The van der Waals surface area contributed by atoms with Crippen LogP contribution in [0.5, 0.6) is 0 Å². The number of aliphatic carboxylic acids is 1. The minimum absolute atomic E-state index is 0.0741. The molecule has 0 fully saturated rings.